The van der Waals surface area contributed by atoms with Gasteiger partial charge in [0.15, 0.2) is 8.32 Å². The average Bonchev–Trinajstić information content (AvgIpc) is 2.92. The lowest BCUT2D eigenvalue weighted by Crippen LogP contribution is -2.45. The summed E-state index contributed by atoms with van der Waals surface area (Å²) in [4.78, 5) is 0. The van der Waals surface area contributed by atoms with Gasteiger partial charge in [-0.15, -0.1) is 0 Å². The Balaban J connectivity index is 2.36. The van der Waals surface area contributed by atoms with Crippen LogP contribution >= 0.6 is 0 Å². The molecule has 29 heavy (non-hydrogen) atoms. The summed E-state index contributed by atoms with van der Waals surface area (Å²) in [5.74, 6) is 14.8. The molecular formula is C25H40O2Si2. The minimum Gasteiger partial charge on any atom is -0.547 e. The van der Waals surface area contributed by atoms with Crippen molar-refractivity contribution in [2.24, 2.45) is 11.8 Å². The van der Waals surface area contributed by atoms with E-state index < -0.39 is 16.6 Å². The second kappa shape index (κ2) is 8.50. The van der Waals surface area contributed by atoms with Gasteiger partial charge in [0, 0.05) is 18.8 Å². The van der Waals surface area contributed by atoms with Gasteiger partial charge in [0.1, 0.15) is 6.10 Å². The van der Waals surface area contributed by atoms with E-state index in [0.717, 1.165) is 18.6 Å². The molecule has 4 heteroatoms. The van der Waals surface area contributed by atoms with E-state index >= 15 is 0 Å². The Labute approximate surface area is 181 Å². The van der Waals surface area contributed by atoms with Crippen molar-refractivity contribution in [3.63, 3.8) is 0 Å². The Kier molecular flexibility index (Phi) is 7.05. The predicted octanol–water partition coefficient (Wildman–Crippen LogP) is 6.89. The zero-order valence-electron chi connectivity index (χ0n) is 20.2. The minimum absolute atomic E-state index is 0.106. The van der Waals surface area contributed by atoms with Gasteiger partial charge < -0.3 is 8.85 Å². The van der Waals surface area contributed by atoms with Crippen molar-refractivity contribution in [3.8, 4) is 23.7 Å². The van der Waals surface area contributed by atoms with Crippen molar-refractivity contribution >= 4 is 16.6 Å². The third-order valence-corrected chi connectivity index (χ3v) is 15.9. The summed E-state index contributed by atoms with van der Waals surface area (Å²) in [6.07, 6.45) is 7.72. The van der Waals surface area contributed by atoms with Gasteiger partial charge in [-0.05, 0) is 60.4 Å². The molecule has 0 spiro atoms. The SMILES string of the molecule is CC(C)(C)[Si](C)(C)OC1=C[C@@H]2C(O[Si](C)(C)C(C)(C)C)C#C/C=C\C#CC[C@H]2C1. The van der Waals surface area contributed by atoms with Crippen LogP contribution in [0.15, 0.2) is 24.0 Å². The zero-order valence-corrected chi connectivity index (χ0v) is 22.2. The summed E-state index contributed by atoms with van der Waals surface area (Å²) < 4.78 is 13.5. The molecule has 2 aliphatic carbocycles. The maximum atomic E-state index is 6.83. The van der Waals surface area contributed by atoms with Gasteiger partial charge in [-0.25, -0.2) is 0 Å². The highest BCUT2D eigenvalue weighted by molar-refractivity contribution is 6.74. The summed E-state index contributed by atoms with van der Waals surface area (Å²) in [5.41, 5.74) is 0. The fraction of sp³-hybridized carbons (Fsp3) is 0.680. The molecule has 160 valence electrons. The molecule has 0 aliphatic heterocycles. The van der Waals surface area contributed by atoms with Gasteiger partial charge >= 0.3 is 0 Å². The van der Waals surface area contributed by atoms with Crippen LogP contribution in [0.5, 0.6) is 0 Å². The van der Waals surface area contributed by atoms with Crippen LogP contribution in [0, 0.1) is 35.5 Å². The molecule has 2 rings (SSSR count). The maximum absolute atomic E-state index is 6.83. The van der Waals surface area contributed by atoms with Crippen molar-refractivity contribution in [1.82, 2.24) is 0 Å². The molecule has 0 heterocycles. The molecule has 3 atom stereocenters. The lowest BCUT2D eigenvalue weighted by Gasteiger charge is -2.40. The largest absolute Gasteiger partial charge is 0.547 e. The van der Waals surface area contributed by atoms with Gasteiger partial charge in [0.25, 0.3) is 0 Å². The van der Waals surface area contributed by atoms with Crippen molar-refractivity contribution in [3.05, 3.63) is 24.0 Å². The van der Waals surface area contributed by atoms with Crippen molar-refractivity contribution in [1.29, 1.82) is 0 Å². The van der Waals surface area contributed by atoms with E-state index in [1.54, 1.807) is 0 Å². The first-order valence-electron chi connectivity index (χ1n) is 10.9. The van der Waals surface area contributed by atoms with Crippen LogP contribution in [0.1, 0.15) is 54.4 Å². The lowest BCUT2D eigenvalue weighted by molar-refractivity contribution is 0.162. The van der Waals surface area contributed by atoms with Gasteiger partial charge in [0.2, 0.25) is 8.32 Å². The molecule has 2 aliphatic rings. The van der Waals surface area contributed by atoms with Crippen molar-refractivity contribution < 1.29 is 8.85 Å². The van der Waals surface area contributed by atoms with Crippen LogP contribution in [0.25, 0.3) is 0 Å². The maximum Gasteiger partial charge on any atom is 0.250 e. The van der Waals surface area contributed by atoms with Crippen LogP contribution < -0.4 is 0 Å². The quantitative estimate of drug-likeness (QED) is 0.359. The summed E-state index contributed by atoms with van der Waals surface area (Å²) in [5, 5.41) is 0.336. The third-order valence-electron chi connectivity index (χ3n) is 7.10. The molecule has 1 unspecified atom stereocenters. The minimum atomic E-state index is -1.94. The lowest BCUT2D eigenvalue weighted by atomic mass is 9.88. The van der Waals surface area contributed by atoms with Crippen LogP contribution in [-0.2, 0) is 8.85 Å². The second-order valence-corrected chi connectivity index (χ2v) is 21.0. The molecule has 0 fully saturated rings. The Morgan fingerprint density at radius 2 is 1.48 bits per heavy atom. The van der Waals surface area contributed by atoms with E-state index in [-0.39, 0.29) is 22.1 Å². The summed E-state index contributed by atoms with van der Waals surface area (Å²) in [7, 11) is -3.81. The van der Waals surface area contributed by atoms with Gasteiger partial charge in [-0.1, -0.05) is 65.2 Å². The van der Waals surface area contributed by atoms with E-state index in [4.69, 9.17) is 8.85 Å². The molecule has 0 aromatic heterocycles. The first-order valence-corrected chi connectivity index (χ1v) is 16.7. The number of allylic oxidation sites excluding steroid dienone is 3. The smallest absolute Gasteiger partial charge is 0.250 e. The van der Waals surface area contributed by atoms with E-state index in [9.17, 15) is 0 Å². The Morgan fingerprint density at radius 3 is 2.07 bits per heavy atom. The second-order valence-electron chi connectivity index (χ2n) is 11.5. The van der Waals surface area contributed by atoms with Crippen LogP contribution in [0.4, 0.5) is 0 Å². The highest BCUT2D eigenvalue weighted by atomic mass is 28.4. The molecule has 0 amide bonds. The number of hydrogen-bond donors (Lipinski definition) is 0. The van der Waals surface area contributed by atoms with E-state index in [0.29, 0.717) is 5.92 Å². The number of hydrogen-bond acceptors (Lipinski definition) is 2. The fourth-order valence-corrected chi connectivity index (χ4v) is 5.39. The van der Waals surface area contributed by atoms with Gasteiger partial charge in [-0.3, -0.25) is 0 Å². The zero-order chi connectivity index (χ0) is 22.1. The fourth-order valence-electron chi connectivity index (χ4n) is 3.07. The molecular weight excluding hydrogens is 388 g/mol. The molecule has 0 saturated heterocycles. The molecule has 2 nitrogen and oxygen atoms in total. The van der Waals surface area contributed by atoms with Crippen LogP contribution in [-0.4, -0.2) is 22.7 Å². The number of rotatable bonds is 4. The molecule has 0 aromatic carbocycles. The topological polar surface area (TPSA) is 18.5 Å². The first kappa shape index (κ1) is 24.1. The van der Waals surface area contributed by atoms with E-state index in [1.807, 2.05) is 12.2 Å². The monoisotopic (exact) mass is 428 g/mol. The van der Waals surface area contributed by atoms with E-state index in [1.165, 1.54) is 0 Å². The standard InChI is InChI=1S/C25H40O2Si2/c1-24(2,3)28(7,8)26-21-18-20-16-14-12-11-13-15-17-23(22(20)19-21)27-29(9,10)25(4,5)6/h11,13,19-20,22-23H,16,18H2,1-10H3/b13-11-/t20-,22-,23?/m0/s1. The first-order chi connectivity index (χ1) is 13.1. The Hall–Kier alpha value is -1.21. The van der Waals surface area contributed by atoms with Gasteiger partial charge in [-0.2, -0.15) is 0 Å². The summed E-state index contributed by atoms with van der Waals surface area (Å²) >= 11 is 0. The van der Waals surface area contributed by atoms with Crippen molar-refractivity contribution in [2.75, 3.05) is 0 Å². The molecule has 0 bridgehead atoms. The number of fused-ring (bicyclic) bond motifs is 1. The average molecular weight is 429 g/mol. The van der Waals surface area contributed by atoms with Gasteiger partial charge in [0.05, 0.1) is 5.76 Å². The Morgan fingerprint density at radius 1 is 0.897 bits per heavy atom. The van der Waals surface area contributed by atoms with Crippen LogP contribution in [0.3, 0.4) is 0 Å². The molecule has 0 aromatic rings. The normalized spacial score (nSPS) is 26.3. The predicted molar refractivity (Wildman–Crippen MR) is 129 cm³/mol. The molecule has 0 N–H and O–H groups in total. The van der Waals surface area contributed by atoms with Crippen molar-refractivity contribution in [2.45, 2.75) is 96.8 Å². The molecule has 0 saturated carbocycles. The van der Waals surface area contributed by atoms with Crippen LogP contribution in [0.2, 0.25) is 36.3 Å². The van der Waals surface area contributed by atoms with E-state index in [2.05, 4.69) is 97.5 Å². The summed E-state index contributed by atoms with van der Waals surface area (Å²) in [6, 6.07) is 0. The summed E-state index contributed by atoms with van der Waals surface area (Å²) in [6.45, 7) is 23.0. The highest BCUT2D eigenvalue weighted by Crippen LogP contribution is 2.45. The third kappa shape index (κ3) is 5.91. The Bertz CT molecular complexity index is 783. The molecule has 0 radical (unpaired) electrons. The highest BCUT2D eigenvalue weighted by Gasteiger charge is 2.45.